The highest BCUT2D eigenvalue weighted by molar-refractivity contribution is 5.84. The Hall–Kier alpha value is -1.84. The number of aromatic nitrogens is 1. The number of fused-ring (bicyclic) bond motifs is 1. The molecule has 0 radical (unpaired) electrons. The lowest BCUT2D eigenvalue weighted by molar-refractivity contribution is 0.367. The van der Waals surface area contributed by atoms with E-state index >= 15 is 0 Å². The van der Waals surface area contributed by atoms with E-state index in [2.05, 4.69) is 0 Å². The summed E-state index contributed by atoms with van der Waals surface area (Å²) in [6.45, 7) is 0. The molecule has 1 heterocycles. The number of halogens is 1. The topological polar surface area (TPSA) is 42.2 Å². The lowest BCUT2D eigenvalue weighted by Crippen LogP contribution is -2.11. The Balaban J connectivity index is 3.06. The molecule has 0 aliphatic rings. The van der Waals surface area contributed by atoms with E-state index in [0.29, 0.717) is 5.39 Å². The molecule has 1 aromatic heterocycles. The zero-order valence-corrected chi connectivity index (χ0v) is 6.57. The van der Waals surface area contributed by atoms with Gasteiger partial charge in [0, 0.05) is 11.5 Å². The third kappa shape index (κ3) is 1.07. The summed E-state index contributed by atoms with van der Waals surface area (Å²) >= 11 is 0. The summed E-state index contributed by atoms with van der Waals surface area (Å²) < 4.78 is 13.1. The highest BCUT2D eigenvalue weighted by atomic mass is 19.2. The molecule has 2 aromatic rings. The van der Waals surface area contributed by atoms with Gasteiger partial charge in [-0.3, -0.25) is 4.79 Å². The van der Waals surface area contributed by atoms with Gasteiger partial charge in [-0.25, -0.2) is 0 Å². The second-order valence-corrected chi connectivity index (χ2v) is 2.67. The Morgan fingerprint density at radius 2 is 2.00 bits per heavy atom. The minimum Gasteiger partial charge on any atom is -0.507 e. The van der Waals surface area contributed by atoms with Crippen molar-refractivity contribution >= 4 is 10.9 Å². The molecule has 0 saturated heterocycles. The minimum atomic E-state index is -0.865. The van der Waals surface area contributed by atoms with Crippen LogP contribution in [-0.4, -0.2) is 9.90 Å². The van der Waals surface area contributed by atoms with Crippen LogP contribution in [0.3, 0.4) is 0 Å². The molecular formula is C9H6FNO2. The molecule has 0 atom stereocenters. The largest absolute Gasteiger partial charge is 0.507 e. The Labute approximate surface area is 72.6 Å². The summed E-state index contributed by atoms with van der Waals surface area (Å²) in [6.07, 6.45) is 0. The summed E-state index contributed by atoms with van der Waals surface area (Å²) in [4.78, 5) is 10.9. The second kappa shape index (κ2) is 2.58. The summed E-state index contributed by atoms with van der Waals surface area (Å²) in [7, 11) is 0. The van der Waals surface area contributed by atoms with Crippen LogP contribution in [0.1, 0.15) is 0 Å². The van der Waals surface area contributed by atoms with E-state index in [4.69, 9.17) is 0 Å². The van der Waals surface area contributed by atoms with Crippen LogP contribution in [0.25, 0.3) is 10.9 Å². The van der Waals surface area contributed by atoms with Crippen molar-refractivity contribution in [1.82, 2.24) is 4.79 Å². The van der Waals surface area contributed by atoms with Gasteiger partial charge in [-0.05, 0) is 12.1 Å². The predicted molar refractivity (Wildman–Crippen MR) is 46.4 cm³/mol. The molecule has 0 amide bonds. The van der Waals surface area contributed by atoms with Crippen LogP contribution in [0.2, 0.25) is 0 Å². The average molecular weight is 179 g/mol. The fourth-order valence-corrected chi connectivity index (χ4v) is 1.23. The Bertz CT molecular complexity index is 518. The molecule has 0 saturated carbocycles. The maximum atomic E-state index is 13.1. The van der Waals surface area contributed by atoms with Crippen molar-refractivity contribution < 1.29 is 9.59 Å². The van der Waals surface area contributed by atoms with Gasteiger partial charge in [0.15, 0.2) is 0 Å². The van der Waals surface area contributed by atoms with E-state index in [1.807, 2.05) is 0 Å². The van der Waals surface area contributed by atoms with E-state index in [9.17, 15) is 14.4 Å². The molecule has 0 spiro atoms. The molecule has 1 N–H and O–H groups in total. The molecule has 66 valence electrons. The number of rotatable bonds is 0. The van der Waals surface area contributed by atoms with Crippen molar-refractivity contribution in [2.45, 2.75) is 0 Å². The van der Waals surface area contributed by atoms with Crippen LogP contribution in [0, 0.1) is 0 Å². The van der Waals surface area contributed by atoms with Gasteiger partial charge in [0.25, 0.3) is 5.56 Å². The molecular weight excluding hydrogens is 173 g/mol. The van der Waals surface area contributed by atoms with Gasteiger partial charge < -0.3 is 5.11 Å². The summed E-state index contributed by atoms with van der Waals surface area (Å²) in [5.41, 5.74) is -0.788. The van der Waals surface area contributed by atoms with Crippen molar-refractivity contribution in [2.75, 3.05) is 0 Å². The zero-order chi connectivity index (χ0) is 9.42. The molecule has 0 bridgehead atoms. The molecule has 0 aliphatic carbocycles. The van der Waals surface area contributed by atoms with Crippen molar-refractivity contribution in [3.63, 3.8) is 0 Å². The first-order chi connectivity index (χ1) is 6.20. The summed E-state index contributed by atoms with van der Waals surface area (Å²) in [6, 6.07) is 7.07. The predicted octanol–water partition coefficient (Wildman–Crippen LogP) is 1.44. The number of hydrogen-bond acceptors (Lipinski definition) is 2. The fourth-order valence-electron chi connectivity index (χ4n) is 1.23. The van der Waals surface area contributed by atoms with Crippen molar-refractivity contribution in [3.05, 3.63) is 40.7 Å². The number of pyridine rings is 1. The quantitative estimate of drug-likeness (QED) is 0.664. The smallest absolute Gasteiger partial charge is 0.282 e. The van der Waals surface area contributed by atoms with Gasteiger partial charge in [-0.15, -0.1) is 4.79 Å². The van der Waals surface area contributed by atoms with Gasteiger partial charge in [0.1, 0.15) is 5.75 Å². The van der Waals surface area contributed by atoms with E-state index in [-0.39, 0.29) is 16.1 Å². The van der Waals surface area contributed by atoms with Gasteiger partial charge in [-0.2, -0.15) is 0 Å². The minimum absolute atomic E-state index is 0.00898. The van der Waals surface area contributed by atoms with E-state index < -0.39 is 5.56 Å². The third-order valence-electron chi connectivity index (χ3n) is 1.85. The van der Waals surface area contributed by atoms with Crippen LogP contribution in [0.4, 0.5) is 4.48 Å². The Morgan fingerprint density at radius 1 is 1.31 bits per heavy atom. The molecule has 3 nitrogen and oxygen atoms in total. The highest BCUT2D eigenvalue weighted by Gasteiger charge is 2.05. The van der Waals surface area contributed by atoms with Crippen molar-refractivity contribution in [2.24, 2.45) is 0 Å². The van der Waals surface area contributed by atoms with Crippen LogP contribution < -0.4 is 5.56 Å². The molecule has 0 unspecified atom stereocenters. The van der Waals surface area contributed by atoms with Gasteiger partial charge in [-0.1, -0.05) is 16.6 Å². The highest BCUT2D eigenvalue weighted by Crippen LogP contribution is 2.21. The number of aromatic hydroxyl groups is 1. The maximum absolute atomic E-state index is 13.1. The maximum Gasteiger partial charge on any atom is 0.282 e. The zero-order valence-electron chi connectivity index (χ0n) is 6.57. The lowest BCUT2D eigenvalue weighted by atomic mass is 10.2. The van der Waals surface area contributed by atoms with E-state index in [1.165, 1.54) is 6.07 Å². The molecule has 13 heavy (non-hydrogen) atoms. The van der Waals surface area contributed by atoms with Crippen molar-refractivity contribution in [1.29, 1.82) is 0 Å². The number of benzene rings is 1. The van der Waals surface area contributed by atoms with Crippen molar-refractivity contribution in [3.8, 4) is 5.75 Å². The third-order valence-corrected chi connectivity index (χ3v) is 1.85. The number of para-hydroxylation sites is 1. The fraction of sp³-hybridized carbons (Fsp3) is 0. The number of nitrogens with zero attached hydrogens (tertiary/aromatic N) is 1. The standard InChI is InChI=1S/C9H6FNO2/c10-11-7-4-2-1-3-6(7)8(12)5-9(11)13/h1-5,12H. The SMILES string of the molecule is O=c1cc(O)c2ccccc2n1F. The molecule has 0 fully saturated rings. The second-order valence-electron chi connectivity index (χ2n) is 2.67. The normalized spacial score (nSPS) is 10.5. The Kier molecular flexibility index (Phi) is 1.55. The lowest BCUT2D eigenvalue weighted by Gasteiger charge is -2.01. The van der Waals surface area contributed by atoms with Gasteiger partial charge in [0.2, 0.25) is 0 Å². The van der Waals surface area contributed by atoms with Gasteiger partial charge in [0.05, 0.1) is 5.52 Å². The van der Waals surface area contributed by atoms with E-state index in [1.54, 1.807) is 18.2 Å². The first-order valence-corrected chi connectivity index (χ1v) is 3.70. The molecule has 0 aliphatic heterocycles. The average Bonchev–Trinajstić information content (AvgIpc) is 2.15. The number of hydrogen-bond donors (Lipinski definition) is 1. The molecule has 1 aromatic carbocycles. The van der Waals surface area contributed by atoms with Crippen LogP contribution >= 0.6 is 0 Å². The molecule has 2 rings (SSSR count). The Morgan fingerprint density at radius 3 is 2.77 bits per heavy atom. The van der Waals surface area contributed by atoms with E-state index in [0.717, 1.165) is 6.07 Å². The molecule has 4 heteroatoms. The first-order valence-electron chi connectivity index (χ1n) is 3.70. The summed E-state index contributed by atoms with van der Waals surface area (Å²) in [5.74, 6) is -0.200. The van der Waals surface area contributed by atoms with Crippen LogP contribution in [-0.2, 0) is 0 Å². The van der Waals surface area contributed by atoms with Crippen LogP contribution in [0.5, 0.6) is 5.75 Å². The van der Waals surface area contributed by atoms with Gasteiger partial charge >= 0.3 is 0 Å². The summed E-state index contributed by atoms with van der Waals surface area (Å²) in [5, 5.41) is 9.62. The monoisotopic (exact) mass is 179 g/mol. The van der Waals surface area contributed by atoms with Crippen LogP contribution in [0.15, 0.2) is 35.1 Å². The first kappa shape index (κ1) is 7.79.